The van der Waals surface area contributed by atoms with Crippen molar-refractivity contribution < 1.29 is 23.7 Å². The van der Waals surface area contributed by atoms with Crippen LogP contribution in [0.15, 0.2) is 36.4 Å². The topological polar surface area (TPSA) is 78.1 Å². The van der Waals surface area contributed by atoms with Crippen LogP contribution in [-0.4, -0.2) is 39.0 Å². The standard InChI is InChI=1S/C21H26N2O5S/c1-13(2)12-28-16-8-6-7-15(11-16)22-21(29)23-20(24)14-9-17(25-3)19(27-5)18(10-14)26-4/h6-11,13H,12H2,1-5H3,(H2,22,23,24,29). The van der Waals surface area contributed by atoms with Gasteiger partial charge in [-0.1, -0.05) is 19.9 Å². The van der Waals surface area contributed by atoms with Gasteiger partial charge in [0, 0.05) is 17.3 Å². The molecule has 0 radical (unpaired) electrons. The number of ether oxygens (including phenoxy) is 4. The van der Waals surface area contributed by atoms with Crippen LogP contribution in [0.4, 0.5) is 5.69 Å². The molecule has 0 heterocycles. The van der Waals surface area contributed by atoms with E-state index in [2.05, 4.69) is 24.5 Å². The van der Waals surface area contributed by atoms with Gasteiger partial charge in [-0.15, -0.1) is 0 Å². The first kappa shape index (κ1) is 22.3. The first-order chi connectivity index (χ1) is 13.9. The highest BCUT2D eigenvalue weighted by atomic mass is 32.1. The van der Waals surface area contributed by atoms with Gasteiger partial charge in [-0.05, 0) is 42.4 Å². The Hall–Kier alpha value is -3.00. The minimum atomic E-state index is -0.408. The second kappa shape index (κ2) is 10.5. The Bertz CT molecular complexity index is 845. The van der Waals surface area contributed by atoms with E-state index in [1.165, 1.54) is 21.3 Å². The zero-order chi connectivity index (χ0) is 21.4. The zero-order valence-corrected chi connectivity index (χ0v) is 18.0. The van der Waals surface area contributed by atoms with Crippen LogP contribution in [0, 0.1) is 5.92 Å². The van der Waals surface area contributed by atoms with E-state index in [1.54, 1.807) is 12.1 Å². The summed E-state index contributed by atoms with van der Waals surface area (Å²) in [4.78, 5) is 12.6. The first-order valence-electron chi connectivity index (χ1n) is 9.03. The van der Waals surface area contributed by atoms with Gasteiger partial charge < -0.3 is 24.3 Å². The molecule has 0 spiro atoms. The maximum atomic E-state index is 12.6. The van der Waals surface area contributed by atoms with Gasteiger partial charge in [0.2, 0.25) is 5.75 Å². The highest BCUT2D eigenvalue weighted by molar-refractivity contribution is 7.80. The second-order valence-corrected chi connectivity index (χ2v) is 6.96. The number of hydrogen-bond donors (Lipinski definition) is 2. The quantitative estimate of drug-likeness (QED) is 0.630. The highest BCUT2D eigenvalue weighted by Crippen LogP contribution is 2.38. The molecule has 2 aromatic carbocycles. The number of carbonyl (C=O) groups excluding carboxylic acids is 1. The van der Waals surface area contributed by atoms with Crippen LogP contribution in [0.5, 0.6) is 23.0 Å². The predicted octanol–water partition coefficient (Wildman–Crippen LogP) is 3.87. The van der Waals surface area contributed by atoms with Crippen LogP contribution < -0.4 is 29.6 Å². The summed E-state index contributed by atoms with van der Waals surface area (Å²) in [7, 11) is 4.47. The van der Waals surface area contributed by atoms with Crippen molar-refractivity contribution in [3.05, 3.63) is 42.0 Å². The molecular weight excluding hydrogens is 392 g/mol. The zero-order valence-electron chi connectivity index (χ0n) is 17.2. The molecule has 0 fully saturated rings. The molecule has 0 unspecified atom stereocenters. The fraction of sp³-hybridized carbons (Fsp3) is 0.333. The third-order valence-corrected chi connectivity index (χ3v) is 4.03. The van der Waals surface area contributed by atoms with Crippen LogP contribution >= 0.6 is 12.2 Å². The molecule has 0 atom stereocenters. The highest BCUT2D eigenvalue weighted by Gasteiger charge is 2.17. The molecule has 0 aliphatic rings. The van der Waals surface area contributed by atoms with Gasteiger partial charge in [-0.3, -0.25) is 10.1 Å². The second-order valence-electron chi connectivity index (χ2n) is 6.55. The van der Waals surface area contributed by atoms with Crippen molar-refractivity contribution in [2.45, 2.75) is 13.8 Å². The van der Waals surface area contributed by atoms with Crippen molar-refractivity contribution in [2.75, 3.05) is 33.3 Å². The maximum Gasteiger partial charge on any atom is 0.257 e. The van der Waals surface area contributed by atoms with Gasteiger partial charge in [0.05, 0.1) is 27.9 Å². The maximum absolute atomic E-state index is 12.6. The molecule has 2 aromatic rings. The van der Waals surface area contributed by atoms with Crippen molar-refractivity contribution in [3.8, 4) is 23.0 Å². The molecule has 0 aliphatic carbocycles. The first-order valence-corrected chi connectivity index (χ1v) is 9.44. The summed E-state index contributed by atoms with van der Waals surface area (Å²) in [6.45, 7) is 4.78. The largest absolute Gasteiger partial charge is 0.493 e. The summed E-state index contributed by atoms with van der Waals surface area (Å²) >= 11 is 5.26. The Morgan fingerprint density at radius 1 is 1.03 bits per heavy atom. The number of carbonyl (C=O) groups is 1. The van der Waals surface area contributed by atoms with Crippen molar-refractivity contribution in [2.24, 2.45) is 5.92 Å². The van der Waals surface area contributed by atoms with Crippen molar-refractivity contribution in [3.63, 3.8) is 0 Å². The molecule has 2 N–H and O–H groups in total. The molecule has 0 aromatic heterocycles. The van der Waals surface area contributed by atoms with E-state index in [4.69, 9.17) is 31.2 Å². The van der Waals surface area contributed by atoms with Gasteiger partial charge >= 0.3 is 0 Å². The van der Waals surface area contributed by atoms with Crippen LogP contribution in [0.25, 0.3) is 0 Å². The Balaban J connectivity index is 2.08. The van der Waals surface area contributed by atoms with Gasteiger partial charge in [-0.25, -0.2) is 0 Å². The third kappa shape index (κ3) is 6.25. The Labute approximate surface area is 176 Å². The van der Waals surface area contributed by atoms with Crippen molar-refractivity contribution in [1.82, 2.24) is 5.32 Å². The lowest BCUT2D eigenvalue weighted by molar-refractivity contribution is 0.0977. The number of hydrogen-bond acceptors (Lipinski definition) is 6. The minimum absolute atomic E-state index is 0.157. The number of anilines is 1. The fourth-order valence-corrected chi connectivity index (χ4v) is 2.69. The van der Waals surface area contributed by atoms with E-state index in [9.17, 15) is 4.79 Å². The van der Waals surface area contributed by atoms with Crippen LogP contribution in [-0.2, 0) is 0 Å². The van der Waals surface area contributed by atoms with Gasteiger partial charge in [0.15, 0.2) is 16.6 Å². The van der Waals surface area contributed by atoms with Crippen molar-refractivity contribution in [1.29, 1.82) is 0 Å². The minimum Gasteiger partial charge on any atom is -0.493 e. The molecule has 0 saturated carbocycles. The summed E-state index contributed by atoms with van der Waals surface area (Å²) in [6, 6.07) is 10.5. The monoisotopic (exact) mass is 418 g/mol. The SMILES string of the molecule is COc1cc(C(=O)NC(=S)Nc2cccc(OCC(C)C)c2)cc(OC)c1OC. The lowest BCUT2D eigenvalue weighted by Gasteiger charge is -2.15. The number of benzene rings is 2. The summed E-state index contributed by atoms with van der Waals surface area (Å²) < 4.78 is 21.5. The molecule has 0 aliphatic heterocycles. The molecule has 29 heavy (non-hydrogen) atoms. The van der Waals surface area contributed by atoms with E-state index >= 15 is 0 Å². The normalized spacial score (nSPS) is 10.3. The number of nitrogens with one attached hydrogen (secondary N) is 2. The Kier molecular flexibility index (Phi) is 8.09. The third-order valence-electron chi connectivity index (χ3n) is 3.83. The molecule has 7 nitrogen and oxygen atoms in total. The molecular formula is C21H26N2O5S. The number of methoxy groups -OCH3 is 3. The van der Waals surface area contributed by atoms with E-state index in [-0.39, 0.29) is 5.11 Å². The lowest BCUT2D eigenvalue weighted by Crippen LogP contribution is -2.34. The predicted molar refractivity (Wildman–Crippen MR) is 117 cm³/mol. The van der Waals surface area contributed by atoms with Gasteiger partial charge in [-0.2, -0.15) is 0 Å². The van der Waals surface area contributed by atoms with Crippen molar-refractivity contribution >= 4 is 28.9 Å². The van der Waals surface area contributed by atoms with Crippen LogP contribution in [0.2, 0.25) is 0 Å². The summed E-state index contributed by atoms with van der Waals surface area (Å²) in [5.41, 5.74) is 1.03. The van der Waals surface area contributed by atoms with E-state index < -0.39 is 5.91 Å². The Morgan fingerprint density at radius 3 is 2.24 bits per heavy atom. The molecule has 2 rings (SSSR count). The molecule has 1 amide bonds. The Morgan fingerprint density at radius 2 is 1.69 bits per heavy atom. The molecule has 0 saturated heterocycles. The molecule has 156 valence electrons. The molecule has 0 bridgehead atoms. The number of thiocarbonyl (C=S) groups is 1. The smallest absolute Gasteiger partial charge is 0.257 e. The lowest BCUT2D eigenvalue weighted by atomic mass is 10.1. The summed E-state index contributed by atoms with van der Waals surface area (Å²) in [5, 5.41) is 5.78. The van der Waals surface area contributed by atoms with Gasteiger partial charge in [0.25, 0.3) is 5.91 Å². The number of amides is 1. The fourth-order valence-electron chi connectivity index (χ4n) is 2.48. The van der Waals surface area contributed by atoms with Crippen LogP contribution in [0.1, 0.15) is 24.2 Å². The number of rotatable bonds is 8. The average molecular weight is 419 g/mol. The molecule has 8 heteroatoms. The van der Waals surface area contributed by atoms with E-state index in [1.807, 2.05) is 24.3 Å². The average Bonchev–Trinajstić information content (AvgIpc) is 2.71. The van der Waals surface area contributed by atoms with Gasteiger partial charge in [0.1, 0.15) is 5.75 Å². The van der Waals surface area contributed by atoms with E-state index in [0.717, 1.165) is 5.75 Å². The van der Waals surface area contributed by atoms with E-state index in [0.29, 0.717) is 41.0 Å². The summed E-state index contributed by atoms with van der Waals surface area (Å²) in [5.74, 6) is 1.91. The van der Waals surface area contributed by atoms with Crippen LogP contribution in [0.3, 0.4) is 0 Å². The summed E-state index contributed by atoms with van der Waals surface area (Å²) in [6.07, 6.45) is 0.